The lowest BCUT2D eigenvalue weighted by atomic mass is 9.91. The van der Waals surface area contributed by atoms with E-state index in [-0.39, 0.29) is 5.52 Å². The highest BCUT2D eigenvalue weighted by Crippen LogP contribution is 2.39. The van der Waals surface area contributed by atoms with E-state index < -0.39 is 11.7 Å². The van der Waals surface area contributed by atoms with Crippen LogP contribution in [0.2, 0.25) is 0 Å². The van der Waals surface area contributed by atoms with E-state index in [1.54, 1.807) is 12.3 Å². The number of fused-ring (bicyclic) bond motifs is 2. The van der Waals surface area contributed by atoms with Gasteiger partial charge in [-0.2, -0.15) is 13.2 Å². The quantitative estimate of drug-likeness (QED) is 0.216. The number of halogens is 3. The van der Waals surface area contributed by atoms with Gasteiger partial charge in [0.15, 0.2) is 0 Å². The van der Waals surface area contributed by atoms with Crippen LogP contribution in [0.15, 0.2) is 115 Å². The molecule has 0 radical (unpaired) electrons. The molecule has 0 saturated carbocycles. The van der Waals surface area contributed by atoms with E-state index >= 15 is 0 Å². The van der Waals surface area contributed by atoms with Gasteiger partial charge < -0.3 is 5.32 Å². The van der Waals surface area contributed by atoms with Crippen molar-refractivity contribution in [2.24, 2.45) is 0 Å². The van der Waals surface area contributed by atoms with Crippen molar-refractivity contribution in [1.82, 2.24) is 4.98 Å². The number of benzene rings is 5. The van der Waals surface area contributed by atoms with Crippen molar-refractivity contribution in [1.29, 1.82) is 0 Å². The van der Waals surface area contributed by atoms with Crippen LogP contribution in [0.1, 0.15) is 34.7 Å². The fourth-order valence-corrected chi connectivity index (χ4v) is 5.66. The van der Waals surface area contributed by atoms with E-state index in [4.69, 9.17) is 0 Å². The standard InChI is InChI=1S/C36H29F3N2/c1-2-26-13-7-16-30-29(26)15-9-19-33(30)40-22-25-12-6-14-27(21-25)34-28(20-24-10-4-3-5-11-24)23-41-35-31(34)17-8-18-32(35)36(37,38)39/h3-19,21,23,40H,2,20,22H2,1H3. The highest BCUT2D eigenvalue weighted by molar-refractivity contribution is 5.98. The van der Waals surface area contributed by atoms with Gasteiger partial charge >= 0.3 is 6.18 Å². The number of anilines is 1. The van der Waals surface area contributed by atoms with Gasteiger partial charge in [0.1, 0.15) is 0 Å². The summed E-state index contributed by atoms with van der Waals surface area (Å²) < 4.78 is 41.8. The normalized spacial score (nSPS) is 11.7. The second kappa shape index (κ2) is 11.1. The van der Waals surface area contributed by atoms with Crippen molar-refractivity contribution in [3.8, 4) is 11.1 Å². The number of aromatic nitrogens is 1. The monoisotopic (exact) mass is 546 g/mol. The van der Waals surface area contributed by atoms with Crippen LogP contribution in [0, 0.1) is 0 Å². The molecule has 5 heteroatoms. The van der Waals surface area contributed by atoms with E-state index in [1.807, 2.05) is 48.5 Å². The molecule has 0 spiro atoms. The first-order valence-electron chi connectivity index (χ1n) is 13.8. The number of pyridine rings is 1. The number of nitrogens with zero attached hydrogens (tertiary/aromatic N) is 1. The molecular weight excluding hydrogens is 517 g/mol. The van der Waals surface area contributed by atoms with Crippen LogP contribution >= 0.6 is 0 Å². The van der Waals surface area contributed by atoms with Gasteiger partial charge in [-0.05, 0) is 69.8 Å². The zero-order chi connectivity index (χ0) is 28.4. The minimum absolute atomic E-state index is 0.0298. The summed E-state index contributed by atoms with van der Waals surface area (Å²) in [4.78, 5) is 4.34. The Balaban J connectivity index is 1.42. The SMILES string of the molecule is CCc1cccc2c(NCc3cccc(-c4c(Cc5ccccc5)cnc5c(C(F)(F)F)cccc45)c3)cccc12. The first-order valence-corrected chi connectivity index (χ1v) is 13.8. The van der Waals surface area contributed by atoms with Crippen molar-refractivity contribution in [2.75, 3.05) is 5.32 Å². The van der Waals surface area contributed by atoms with Crippen molar-refractivity contribution < 1.29 is 13.2 Å². The topological polar surface area (TPSA) is 24.9 Å². The fraction of sp³-hybridized carbons (Fsp3) is 0.139. The van der Waals surface area contributed by atoms with Crippen molar-refractivity contribution in [2.45, 2.75) is 32.5 Å². The summed E-state index contributed by atoms with van der Waals surface area (Å²) in [6, 6.07) is 35.0. The molecule has 0 aliphatic rings. The highest BCUT2D eigenvalue weighted by atomic mass is 19.4. The van der Waals surface area contributed by atoms with Crippen molar-refractivity contribution >= 4 is 27.4 Å². The number of para-hydroxylation sites is 1. The van der Waals surface area contributed by atoms with Crippen molar-refractivity contribution in [3.63, 3.8) is 0 Å². The summed E-state index contributed by atoms with van der Waals surface area (Å²) in [5.41, 5.74) is 6.25. The molecule has 0 saturated heterocycles. The van der Waals surface area contributed by atoms with Crippen LogP contribution in [0.4, 0.5) is 18.9 Å². The maximum Gasteiger partial charge on any atom is 0.418 e. The minimum atomic E-state index is -4.49. The zero-order valence-corrected chi connectivity index (χ0v) is 22.7. The summed E-state index contributed by atoms with van der Waals surface area (Å²) in [6.45, 7) is 2.74. The number of hydrogen-bond donors (Lipinski definition) is 1. The molecule has 0 bridgehead atoms. The van der Waals surface area contributed by atoms with Gasteiger partial charge in [0.2, 0.25) is 0 Å². The van der Waals surface area contributed by atoms with Crippen molar-refractivity contribution in [3.05, 3.63) is 143 Å². The smallest absolute Gasteiger partial charge is 0.380 e. The van der Waals surface area contributed by atoms with Crippen LogP contribution in [0.3, 0.4) is 0 Å². The van der Waals surface area contributed by atoms with E-state index in [0.717, 1.165) is 46.0 Å². The third kappa shape index (κ3) is 5.40. The lowest BCUT2D eigenvalue weighted by Gasteiger charge is -2.17. The largest absolute Gasteiger partial charge is 0.418 e. The van der Waals surface area contributed by atoms with Gasteiger partial charge in [-0.1, -0.05) is 97.9 Å². The molecule has 5 aromatic carbocycles. The van der Waals surface area contributed by atoms with Gasteiger partial charge in [-0.3, -0.25) is 4.98 Å². The Bertz CT molecular complexity index is 1840. The Hall–Kier alpha value is -4.64. The van der Waals surface area contributed by atoms with Gasteiger partial charge in [0.25, 0.3) is 0 Å². The fourth-order valence-electron chi connectivity index (χ4n) is 5.66. The second-order valence-electron chi connectivity index (χ2n) is 10.2. The van der Waals surface area contributed by atoms with Crippen LogP contribution < -0.4 is 5.32 Å². The summed E-state index contributed by atoms with van der Waals surface area (Å²) in [7, 11) is 0. The molecule has 0 amide bonds. The van der Waals surface area contributed by atoms with Gasteiger partial charge in [0, 0.05) is 29.2 Å². The maximum absolute atomic E-state index is 13.9. The first-order chi connectivity index (χ1) is 19.9. The van der Waals surface area contributed by atoms with E-state index in [0.29, 0.717) is 18.4 Å². The van der Waals surface area contributed by atoms with Crippen LogP contribution in [-0.2, 0) is 25.6 Å². The summed E-state index contributed by atoms with van der Waals surface area (Å²) in [5, 5.41) is 6.51. The number of hydrogen-bond acceptors (Lipinski definition) is 2. The molecule has 204 valence electrons. The summed E-state index contributed by atoms with van der Waals surface area (Å²) in [6.07, 6.45) is -1.36. The second-order valence-corrected chi connectivity index (χ2v) is 10.2. The molecule has 0 fully saturated rings. The molecule has 6 aromatic rings. The third-order valence-electron chi connectivity index (χ3n) is 7.61. The summed E-state index contributed by atoms with van der Waals surface area (Å²) >= 11 is 0. The molecule has 1 aromatic heterocycles. The third-order valence-corrected chi connectivity index (χ3v) is 7.61. The Morgan fingerprint density at radius 2 is 1.39 bits per heavy atom. The molecule has 0 aliphatic heterocycles. The molecule has 2 nitrogen and oxygen atoms in total. The number of aryl methyl sites for hydroxylation is 1. The average Bonchev–Trinajstić information content (AvgIpc) is 2.99. The zero-order valence-electron chi connectivity index (χ0n) is 22.7. The lowest BCUT2D eigenvalue weighted by molar-refractivity contribution is -0.136. The van der Waals surface area contributed by atoms with Crippen LogP contribution in [0.25, 0.3) is 32.8 Å². The first kappa shape index (κ1) is 26.6. The molecule has 1 N–H and O–H groups in total. The predicted octanol–water partition coefficient (Wildman–Crippen LogP) is 9.84. The maximum atomic E-state index is 13.9. The Morgan fingerprint density at radius 1 is 0.683 bits per heavy atom. The Labute approximate surface area is 237 Å². The number of alkyl halides is 3. The van der Waals surface area contributed by atoms with E-state index in [1.165, 1.54) is 22.4 Å². The van der Waals surface area contributed by atoms with E-state index in [2.05, 4.69) is 59.7 Å². The predicted molar refractivity (Wildman–Crippen MR) is 162 cm³/mol. The lowest BCUT2D eigenvalue weighted by Crippen LogP contribution is -2.07. The average molecular weight is 547 g/mol. The Kier molecular flexibility index (Phi) is 7.19. The molecule has 41 heavy (non-hydrogen) atoms. The number of rotatable bonds is 7. The minimum Gasteiger partial charge on any atom is -0.380 e. The van der Waals surface area contributed by atoms with Crippen LogP contribution in [-0.4, -0.2) is 4.98 Å². The molecule has 0 unspecified atom stereocenters. The van der Waals surface area contributed by atoms with E-state index in [9.17, 15) is 13.2 Å². The molecule has 6 rings (SSSR count). The van der Waals surface area contributed by atoms with Gasteiger partial charge in [-0.25, -0.2) is 0 Å². The molecule has 0 atom stereocenters. The van der Waals surface area contributed by atoms with Gasteiger partial charge in [0.05, 0.1) is 11.1 Å². The summed E-state index contributed by atoms with van der Waals surface area (Å²) in [5.74, 6) is 0. The molecule has 1 heterocycles. The van der Waals surface area contributed by atoms with Gasteiger partial charge in [-0.15, -0.1) is 0 Å². The van der Waals surface area contributed by atoms with Crippen LogP contribution in [0.5, 0.6) is 0 Å². The Morgan fingerprint density at radius 3 is 2.20 bits per heavy atom. The molecule has 0 aliphatic carbocycles. The highest BCUT2D eigenvalue weighted by Gasteiger charge is 2.33. The number of nitrogens with one attached hydrogen (secondary N) is 1. The molecular formula is C36H29F3N2.